The van der Waals surface area contributed by atoms with E-state index < -0.39 is 0 Å². The molecule has 29 heavy (non-hydrogen) atoms. The molecule has 3 aromatic rings. The van der Waals surface area contributed by atoms with Crippen LogP contribution >= 0.6 is 0 Å². The predicted octanol–water partition coefficient (Wildman–Crippen LogP) is 2.93. The maximum Gasteiger partial charge on any atom is 0.251 e. The molecule has 0 radical (unpaired) electrons. The minimum atomic E-state index is -0.168. The van der Waals surface area contributed by atoms with Crippen LogP contribution in [0, 0.1) is 0 Å². The number of phenolic OH excluding ortho intramolecular Hbond substituents is 1. The number of benzene rings is 1. The highest BCUT2D eigenvalue weighted by atomic mass is 16.5. The summed E-state index contributed by atoms with van der Waals surface area (Å²) in [5.41, 5.74) is 2.10. The number of nitrogens with zero attached hydrogens (tertiary/aromatic N) is 3. The van der Waals surface area contributed by atoms with E-state index in [0.717, 1.165) is 42.9 Å². The van der Waals surface area contributed by atoms with Crippen molar-refractivity contribution in [2.45, 2.75) is 25.3 Å². The fraction of sp³-hybridized carbons (Fsp3) is 0.318. The van der Waals surface area contributed by atoms with Crippen molar-refractivity contribution in [3.8, 4) is 23.0 Å². The quantitative estimate of drug-likeness (QED) is 0.694. The molecule has 3 heterocycles. The van der Waals surface area contributed by atoms with Gasteiger partial charge in [0.05, 0.1) is 12.8 Å². The molecule has 2 N–H and O–H groups in total. The Hall–Kier alpha value is -3.19. The third-order valence-corrected chi connectivity index (χ3v) is 5.27. The second-order valence-electron chi connectivity index (χ2n) is 7.30. The van der Waals surface area contributed by atoms with Crippen molar-refractivity contribution in [2.24, 2.45) is 0 Å². The molecule has 4 rings (SSSR count). The largest absolute Gasteiger partial charge is 0.508 e. The monoisotopic (exact) mass is 392 g/mol. The zero-order valence-corrected chi connectivity index (χ0v) is 16.3. The smallest absolute Gasteiger partial charge is 0.251 e. The third-order valence-electron chi connectivity index (χ3n) is 5.27. The average Bonchev–Trinajstić information content (AvgIpc) is 2.76. The van der Waals surface area contributed by atoms with Gasteiger partial charge in [0.25, 0.3) is 5.56 Å². The van der Waals surface area contributed by atoms with Crippen LogP contribution in [0.1, 0.15) is 30.0 Å². The summed E-state index contributed by atoms with van der Waals surface area (Å²) >= 11 is 0. The summed E-state index contributed by atoms with van der Waals surface area (Å²) in [6, 6.07) is 12.4. The van der Waals surface area contributed by atoms with Gasteiger partial charge in [0.15, 0.2) is 5.82 Å². The minimum absolute atomic E-state index is 0.154. The average molecular weight is 392 g/mol. The fourth-order valence-corrected chi connectivity index (χ4v) is 3.81. The molecule has 0 saturated carbocycles. The Morgan fingerprint density at radius 2 is 2.17 bits per heavy atom. The predicted molar refractivity (Wildman–Crippen MR) is 110 cm³/mol. The molecule has 0 amide bonds. The van der Waals surface area contributed by atoms with Crippen LogP contribution in [0.25, 0.3) is 11.5 Å². The van der Waals surface area contributed by atoms with Gasteiger partial charge < -0.3 is 14.8 Å². The van der Waals surface area contributed by atoms with E-state index in [1.165, 1.54) is 0 Å². The van der Waals surface area contributed by atoms with Crippen molar-refractivity contribution >= 4 is 0 Å². The zero-order chi connectivity index (χ0) is 20.2. The number of aromatic hydroxyl groups is 1. The Balaban J connectivity index is 1.55. The topological polar surface area (TPSA) is 91.3 Å². The van der Waals surface area contributed by atoms with E-state index in [2.05, 4.69) is 14.9 Å². The number of nitrogens with one attached hydrogen (secondary N) is 1. The van der Waals surface area contributed by atoms with E-state index >= 15 is 0 Å². The summed E-state index contributed by atoms with van der Waals surface area (Å²) in [5.74, 6) is 1.64. The molecule has 1 saturated heterocycles. The van der Waals surface area contributed by atoms with Crippen LogP contribution in [0.4, 0.5) is 0 Å². The van der Waals surface area contributed by atoms with Gasteiger partial charge in [0.1, 0.15) is 17.2 Å². The SMILES string of the molecule is COc1ccc(O)c(CN2CCCC(c3cc(=O)[nH]c(-c4ccccn4)n3)C2)c1. The van der Waals surface area contributed by atoms with Crippen molar-refractivity contribution in [3.63, 3.8) is 0 Å². The molecule has 7 nitrogen and oxygen atoms in total. The number of rotatable bonds is 5. The number of aromatic nitrogens is 3. The number of likely N-dealkylation sites (tertiary alicyclic amines) is 1. The lowest BCUT2D eigenvalue weighted by molar-refractivity contribution is 0.196. The zero-order valence-electron chi connectivity index (χ0n) is 16.3. The summed E-state index contributed by atoms with van der Waals surface area (Å²) in [7, 11) is 1.62. The number of ether oxygens (including phenoxy) is 1. The first kappa shape index (κ1) is 19.1. The van der Waals surface area contributed by atoms with Crippen LogP contribution in [-0.4, -0.2) is 45.2 Å². The van der Waals surface area contributed by atoms with Crippen LogP contribution in [0.2, 0.25) is 0 Å². The summed E-state index contributed by atoms with van der Waals surface area (Å²) in [4.78, 5) is 26.3. The summed E-state index contributed by atoms with van der Waals surface area (Å²) in [6.07, 6.45) is 3.66. The van der Waals surface area contributed by atoms with Gasteiger partial charge in [-0.1, -0.05) is 6.07 Å². The lowest BCUT2D eigenvalue weighted by Gasteiger charge is -2.32. The summed E-state index contributed by atoms with van der Waals surface area (Å²) in [5, 5.41) is 10.2. The highest BCUT2D eigenvalue weighted by Crippen LogP contribution is 2.29. The van der Waals surface area contributed by atoms with Gasteiger partial charge in [-0.3, -0.25) is 14.7 Å². The Kier molecular flexibility index (Phi) is 5.57. The molecule has 1 unspecified atom stereocenters. The van der Waals surface area contributed by atoms with Gasteiger partial charge in [-0.2, -0.15) is 0 Å². The second kappa shape index (κ2) is 8.45. The standard InChI is InChI=1S/C22H24N4O3/c1-29-17-7-8-20(27)16(11-17)14-26-10-4-5-15(13-26)19-12-21(28)25-22(24-19)18-6-2-3-9-23-18/h2-3,6-9,11-12,15,27H,4-5,10,13-14H2,1H3,(H,24,25,28). The van der Waals surface area contributed by atoms with Crippen LogP contribution in [0.15, 0.2) is 53.5 Å². The van der Waals surface area contributed by atoms with Crippen molar-refractivity contribution in [1.29, 1.82) is 0 Å². The van der Waals surface area contributed by atoms with Crippen molar-refractivity contribution in [3.05, 3.63) is 70.3 Å². The number of pyridine rings is 1. The van der Waals surface area contributed by atoms with Gasteiger partial charge in [-0.05, 0) is 49.7 Å². The minimum Gasteiger partial charge on any atom is -0.508 e. The highest BCUT2D eigenvalue weighted by molar-refractivity contribution is 5.48. The number of piperidine rings is 1. The maximum absolute atomic E-state index is 12.2. The van der Waals surface area contributed by atoms with Crippen LogP contribution in [0.5, 0.6) is 11.5 Å². The number of aromatic amines is 1. The molecule has 1 aromatic carbocycles. The first-order chi connectivity index (χ1) is 14.1. The van der Waals surface area contributed by atoms with Crippen molar-refractivity contribution in [2.75, 3.05) is 20.2 Å². The van der Waals surface area contributed by atoms with Gasteiger partial charge in [-0.25, -0.2) is 4.98 Å². The van der Waals surface area contributed by atoms with Gasteiger partial charge in [0, 0.05) is 36.8 Å². The van der Waals surface area contributed by atoms with Gasteiger partial charge in [0.2, 0.25) is 0 Å². The van der Waals surface area contributed by atoms with Gasteiger partial charge in [-0.15, -0.1) is 0 Å². The number of hydrogen-bond acceptors (Lipinski definition) is 6. The van der Waals surface area contributed by atoms with E-state index in [-0.39, 0.29) is 17.2 Å². The lowest BCUT2D eigenvalue weighted by atomic mass is 9.94. The van der Waals surface area contributed by atoms with Gasteiger partial charge >= 0.3 is 0 Å². The molecule has 1 aliphatic rings. The van der Waals surface area contributed by atoms with Crippen LogP contribution in [0.3, 0.4) is 0 Å². The molecule has 150 valence electrons. The Bertz CT molecular complexity index is 1040. The molecular weight excluding hydrogens is 368 g/mol. The van der Waals surface area contributed by atoms with E-state index in [4.69, 9.17) is 9.72 Å². The molecule has 7 heteroatoms. The Morgan fingerprint density at radius 1 is 1.28 bits per heavy atom. The lowest BCUT2D eigenvalue weighted by Crippen LogP contribution is -2.34. The van der Waals surface area contributed by atoms with E-state index in [1.807, 2.05) is 24.3 Å². The number of phenols is 1. The maximum atomic E-state index is 12.2. The molecular formula is C22H24N4O3. The molecule has 1 aliphatic heterocycles. The molecule has 0 bridgehead atoms. The van der Waals surface area contributed by atoms with Crippen LogP contribution in [-0.2, 0) is 6.54 Å². The van der Waals surface area contributed by atoms with Crippen molar-refractivity contribution in [1.82, 2.24) is 19.9 Å². The second-order valence-corrected chi connectivity index (χ2v) is 7.30. The molecule has 0 spiro atoms. The molecule has 0 aliphatic carbocycles. The van der Waals surface area contributed by atoms with Crippen LogP contribution < -0.4 is 10.3 Å². The van der Waals surface area contributed by atoms with Crippen molar-refractivity contribution < 1.29 is 9.84 Å². The summed E-state index contributed by atoms with van der Waals surface area (Å²) in [6.45, 7) is 2.33. The van der Waals surface area contributed by atoms with E-state index in [1.54, 1.807) is 31.5 Å². The normalized spacial score (nSPS) is 17.2. The number of hydrogen-bond donors (Lipinski definition) is 2. The number of H-pyrrole nitrogens is 1. The first-order valence-corrected chi connectivity index (χ1v) is 9.73. The molecule has 2 aromatic heterocycles. The number of methoxy groups -OCH3 is 1. The first-order valence-electron chi connectivity index (χ1n) is 9.73. The Morgan fingerprint density at radius 3 is 2.97 bits per heavy atom. The molecule has 1 fully saturated rings. The third kappa shape index (κ3) is 4.46. The summed E-state index contributed by atoms with van der Waals surface area (Å²) < 4.78 is 5.27. The van der Waals surface area contributed by atoms with E-state index in [9.17, 15) is 9.90 Å². The highest BCUT2D eigenvalue weighted by Gasteiger charge is 2.24. The fourth-order valence-electron chi connectivity index (χ4n) is 3.81. The van der Waals surface area contributed by atoms with E-state index in [0.29, 0.717) is 18.1 Å². The molecule has 1 atom stereocenters. The Labute approximate surface area is 169 Å².